The first-order valence-electron chi connectivity index (χ1n) is 3.79. The molecule has 4 heteroatoms. The van der Waals surface area contributed by atoms with Gasteiger partial charge in [-0.05, 0) is 24.6 Å². The summed E-state index contributed by atoms with van der Waals surface area (Å²) in [5.41, 5.74) is 1.41. The highest BCUT2D eigenvalue weighted by Crippen LogP contribution is 2.11. The van der Waals surface area contributed by atoms with Gasteiger partial charge in [-0.15, -0.1) is 0 Å². The van der Waals surface area contributed by atoms with Crippen LogP contribution in [0.15, 0.2) is 24.3 Å². The average molecular weight is 183 g/mol. The van der Waals surface area contributed by atoms with Crippen LogP contribution in [0.1, 0.15) is 5.56 Å². The van der Waals surface area contributed by atoms with Crippen LogP contribution in [0, 0.1) is 6.92 Å². The van der Waals surface area contributed by atoms with E-state index < -0.39 is 12.3 Å². The minimum absolute atomic E-state index is 0.468. The van der Waals surface area contributed by atoms with Gasteiger partial charge in [0.05, 0.1) is 0 Å². The minimum Gasteiger partial charge on any atom is -0.478 e. The zero-order valence-electron chi connectivity index (χ0n) is 7.12. The Hall–Kier alpha value is -1.58. The molecule has 0 aromatic heterocycles. The molecule has 13 heavy (non-hydrogen) atoms. The van der Waals surface area contributed by atoms with Gasteiger partial charge in [0.1, 0.15) is 0 Å². The summed E-state index contributed by atoms with van der Waals surface area (Å²) in [6.45, 7) is 1.85. The summed E-state index contributed by atoms with van der Waals surface area (Å²) in [6.07, 6.45) is -2.05. The maximum absolute atomic E-state index is 12.6. The molecular formula is C9H10FNO2. The van der Waals surface area contributed by atoms with E-state index in [0.717, 1.165) is 5.56 Å². The first kappa shape index (κ1) is 9.51. The molecule has 0 spiro atoms. The first-order valence-corrected chi connectivity index (χ1v) is 3.79. The van der Waals surface area contributed by atoms with Gasteiger partial charge in [-0.3, -0.25) is 0 Å². The number of benzene rings is 1. The largest absolute Gasteiger partial charge is 0.478 e. The van der Waals surface area contributed by atoms with Crippen molar-refractivity contribution in [2.24, 2.45) is 0 Å². The predicted octanol–water partition coefficient (Wildman–Crippen LogP) is 1.79. The van der Waals surface area contributed by atoms with Gasteiger partial charge in [0.2, 0.25) is 0 Å². The molecule has 1 rings (SSSR count). The van der Waals surface area contributed by atoms with Crippen molar-refractivity contribution in [1.82, 2.24) is 0 Å². The Bertz CT molecular complexity index is 314. The van der Waals surface area contributed by atoms with Gasteiger partial charge >= 0.3 is 5.97 Å². The molecule has 0 saturated carbocycles. The van der Waals surface area contributed by atoms with E-state index in [0.29, 0.717) is 5.69 Å². The summed E-state index contributed by atoms with van der Waals surface area (Å²) in [4.78, 5) is 10.2. The molecular weight excluding hydrogens is 173 g/mol. The molecule has 3 nitrogen and oxygen atoms in total. The van der Waals surface area contributed by atoms with Gasteiger partial charge in [-0.2, -0.15) is 0 Å². The molecule has 0 bridgehead atoms. The van der Waals surface area contributed by atoms with Crippen molar-refractivity contribution in [1.29, 1.82) is 0 Å². The lowest BCUT2D eigenvalue weighted by Gasteiger charge is -2.07. The molecule has 0 fully saturated rings. The lowest BCUT2D eigenvalue weighted by Crippen LogP contribution is -2.23. The van der Waals surface area contributed by atoms with E-state index in [1.54, 1.807) is 18.2 Å². The number of carbonyl (C=O) groups is 1. The Morgan fingerprint density at radius 2 is 2.31 bits per heavy atom. The summed E-state index contributed by atoms with van der Waals surface area (Å²) in [5.74, 6) is -1.51. The fourth-order valence-corrected chi connectivity index (χ4v) is 0.943. The van der Waals surface area contributed by atoms with Crippen molar-refractivity contribution in [3.8, 4) is 0 Å². The third-order valence-electron chi connectivity index (χ3n) is 1.53. The average Bonchev–Trinajstić information content (AvgIpc) is 2.04. The number of carboxylic acids is 1. The molecule has 1 unspecified atom stereocenters. The number of aliphatic carboxylic acids is 1. The predicted molar refractivity (Wildman–Crippen MR) is 47.3 cm³/mol. The maximum atomic E-state index is 12.6. The fourth-order valence-electron chi connectivity index (χ4n) is 0.943. The molecule has 1 aromatic rings. The number of carboxylic acid groups (broad SMARTS) is 1. The highest BCUT2D eigenvalue weighted by molar-refractivity contribution is 5.75. The van der Waals surface area contributed by atoms with Crippen molar-refractivity contribution in [2.75, 3.05) is 5.32 Å². The van der Waals surface area contributed by atoms with E-state index in [4.69, 9.17) is 5.11 Å². The number of alkyl halides is 1. The summed E-state index contributed by atoms with van der Waals surface area (Å²) >= 11 is 0. The summed E-state index contributed by atoms with van der Waals surface area (Å²) in [5, 5.41) is 10.5. The van der Waals surface area contributed by atoms with Crippen molar-refractivity contribution in [2.45, 2.75) is 13.2 Å². The second-order valence-corrected chi connectivity index (χ2v) is 2.71. The normalized spacial score (nSPS) is 12.2. The Morgan fingerprint density at radius 3 is 2.85 bits per heavy atom. The highest BCUT2D eigenvalue weighted by atomic mass is 19.1. The van der Waals surface area contributed by atoms with Crippen LogP contribution in [0.3, 0.4) is 0 Å². The number of hydrogen-bond acceptors (Lipinski definition) is 2. The molecule has 1 aromatic carbocycles. The summed E-state index contributed by atoms with van der Waals surface area (Å²) < 4.78 is 12.6. The van der Waals surface area contributed by atoms with Gasteiger partial charge in [-0.25, -0.2) is 9.18 Å². The third-order valence-corrected chi connectivity index (χ3v) is 1.53. The molecule has 2 N–H and O–H groups in total. The second kappa shape index (κ2) is 3.89. The number of halogens is 1. The van der Waals surface area contributed by atoms with Crippen molar-refractivity contribution < 1.29 is 14.3 Å². The van der Waals surface area contributed by atoms with E-state index in [9.17, 15) is 9.18 Å². The Kier molecular flexibility index (Phi) is 2.84. The zero-order valence-corrected chi connectivity index (χ0v) is 7.12. The standard InChI is InChI=1S/C9H10FNO2/c1-6-3-2-4-7(5-6)11-8(10)9(12)13/h2-5,8,11H,1H3,(H,12,13). The number of aryl methyl sites for hydroxylation is 1. The lowest BCUT2D eigenvalue weighted by molar-refractivity contribution is -0.141. The first-order chi connectivity index (χ1) is 6.09. The van der Waals surface area contributed by atoms with Gasteiger partial charge < -0.3 is 10.4 Å². The quantitative estimate of drug-likeness (QED) is 0.702. The molecule has 0 saturated heterocycles. The number of anilines is 1. The number of nitrogens with one attached hydrogen (secondary N) is 1. The fraction of sp³-hybridized carbons (Fsp3) is 0.222. The summed E-state index contributed by atoms with van der Waals surface area (Å²) in [6, 6.07) is 6.86. The van der Waals surface area contributed by atoms with E-state index in [1.165, 1.54) is 0 Å². The lowest BCUT2D eigenvalue weighted by atomic mass is 10.2. The van der Waals surface area contributed by atoms with E-state index >= 15 is 0 Å². The molecule has 0 aliphatic heterocycles. The van der Waals surface area contributed by atoms with Crippen LogP contribution in [0.2, 0.25) is 0 Å². The molecule has 70 valence electrons. The molecule has 0 aliphatic rings. The molecule has 0 aliphatic carbocycles. The monoisotopic (exact) mass is 183 g/mol. The Morgan fingerprint density at radius 1 is 1.62 bits per heavy atom. The van der Waals surface area contributed by atoms with Crippen LogP contribution < -0.4 is 5.32 Å². The van der Waals surface area contributed by atoms with Crippen molar-refractivity contribution in [3.63, 3.8) is 0 Å². The second-order valence-electron chi connectivity index (χ2n) is 2.71. The van der Waals surface area contributed by atoms with Crippen molar-refractivity contribution >= 4 is 11.7 Å². The Balaban J connectivity index is 2.69. The highest BCUT2D eigenvalue weighted by Gasteiger charge is 2.14. The van der Waals surface area contributed by atoms with Gasteiger partial charge in [0, 0.05) is 5.69 Å². The molecule has 0 amide bonds. The SMILES string of the molecule is Cc1cccc(NC(F)C(=O)O)c1. The van der Waals surface area contributed by atoms with E-state index in [1.807, 2.05) is 13.0 Å². The zero-order chi connectivity index (χ0) is 9.84. The van der Waals surface area contributed by atoms with Crippen LogP contribution in [-0.2, 0) is 4.79 Å². The topological polar surface area (TPSA) is 49.3 Å². The van der Waals surface area contributed by atoms with Crippen LogP contribution >= 0.6 is 0 Å². The Labute approximate surface area is 75.2 Å². The molecule has 1 atom stereocenters. The molecule has 0 radical (unpaired) electrons. The smallest absolute Gasteiger partial charge is 0.359 e. The van der Waals surface area contributed by atoms with Crippen LogP contribution in [0.4, 0.5) is 10.1 Å². The van der Waals surface area contributed by atoms with Gasteiger partial charge in [0.25, 0.3) is 6.30 Å². The van der Waals surface area contributed by atoms with Gasteiger partial charge in [0.15, 0.2) is 0 Å². The van der Waals surface area contributed by atoms with Crippen LogP contribution in [-0.4, -0.2) is 17.4 Å². The molecule has 0 heterocycles. The van der Waals surface area contributed by atoms with Crippen LogP contribution in [0.25, 0.3) is 0 Å². The van der Waals surface area contributed by atoms with Crippen molar-refractivity contribution in [3.05, 3.63) is 29.8 Å². The number of rotatable bonds is 3. The van der Waals surface area contributed by atoms with E-state index in [-0.39, 0.29) is 0 Å². The number of hydrogen-bond donors (Lipinski definition) is 2. The van der Waals surface area contributed by atoms with E-state index in [2.05, 4.69) is 5.32 Å². The summed E-state index contributed by atoms with van der Waals surface area (Å²) in [7, 11) is 0. The van der Waals surface area contributed by atoms with Gasteiger partial charge in [-0.1, -0.05) is 12.1 Å². The van der Waals surface area contributed by atoms with Crippen LogP contribution in [0.5, 0.6) is 0 Å². The maximum Gasteiger partial charge on any atom is 0.359 e. The minimum atomic E-state index is -2.05. The third kappa shape index (κ3) is 2.74.